The van der Waals surface area contributed by atoms with Crippen LogP contribution in [0, 0.1) is 0 Å². The van der Waals surface area contributed by atoms with Gasteiger partial charge in [0.05, 0.1) is 0 Å². The molecule has 4 rings (SSSR count). The fourth-order valence-electron chi connectivity index (χ4n) is 4.12. The Morgan fingerprint density at radius 1 is 1.16 bits per heavy atom. The monoisotopic (exact) mass is 446 g/mol. The highest BCUT2D eigenvalue weighted by molar-refractivity contribution is 5.93. The lowest BCUT2D eigenvalue weighted by atomic mass is 9.90. The highest BCUT2D eigenvalue weighted by Crippen LogP contribution is 2.30. The van der Waals surface area contributed by atoms with Crippen molar-refractivity contribution in [1.82, 2.24) is 24.8 Å². The zero-order valence-corrected chi connectivity index (χ0v) is 17.6. The summed E-state index contributed by atoms with van der Waals surface area (Å²) in [5, 5.41) is 5.07. The number of carbonyl (C=O) groups excluding carboxylic acids is 1. The highest BCUT2D eigenvalue weighted by Gasteiger charge is 2.34. The van der Waals surface area contributed by atoms with Gasteiger partial charge in [0.15, 0.2) is 5.69 Å². The molecule has 0 radical (unpaired) electrons. The SMILES string of the molecule is CCNN(C(=O)c1ccncc1)C1CCC(Nc2cccc3nc(C(F)(F)F)cn23)CC1. The number of anilines is 1. The van der Waals surface area contributed by atoms with E-state index in [0.717, 1.165) is 31.9 Å². The number of aromatic nitrogens is 3. The zero-order chi connectivity index (χ0) is 22.7. The summed E-state index contributed by atoms with van der Waals surface area (Å²) in [7, 11) is 0. The summed E-state index contributed by atoms with van der Waals surface area (Å²) >= 11 is 0. The Morgan fingerprint density at radius 2 is 1.88 bits per heavy atom. The minimum atomic E-state index is -4.49. The molecule has 1 fully saturated rings. The average Bonchev–Trinajstić information content (AvgIpc) is 3.25. The van der Waals surface area contributed by atoms with Crippen molar-refractivity contribution in [2.24, 2.45) is 0 Å². The molecule has 32 heavy (non-hydrogen) atoms. The Morgan fingerprint density at radius 3 is 2.53 bits per heavy atom. The number of pyridine rings is 2. The summed E-state index contributed by atoms with van der Waals surface area (Å²) in [5.74, 6) is 0.485. The second kappa shape index (κ2) is 9.15. The number of fused-ring (bicyclic) bond motifs is 1. The molecule has 0 aromatic carbocycles. The predicted octanol–water partition coefficient (Wildman–Crippen LogP) is 4.14. The number of nitrogens with zero attached hydrogens (tertiary/aromatic N) is 4. The molecule has 0 unspecified atom stereocenters. The van der Waals surface area contributed by atoms with Crippen LogP contribution >= 0.6 is 0 Å². The van der Waals surface area contributed by atoms with Crippen molar-refractivity contribution in [2.45, 2.75) is 50.9 Å². The number of rotatable bonds is 6. The molecule has 1 aliphatic rings. The molecule has 1 amide bonds. The van der Waals surface area contributed by atoms with E-state index in [0.29, 0.717) is 17.9 Å². The van der Waals surface area contributed by atoms with E-state index >= 15 is 0 Å². The van der Waals surface area contributed by atoms with Crippen LogP contribution in [0.5, 0.6) is 0 Å². The number of alkyl halides is 3. The molecule has 7 nitrogen and oxygen atoms in total. The average molecular weight is 446 g/mol. The van der Waals surface area contributed by atoms with Crippen LogP contribution < -0.4 is 10.7 Å². The minimum Gasteiger partial charge on any atom is -0.368 e. The topological polar surface area (TPSA) is 74.6 Å². The maximum Gasteiger partial charge on any atom is 0.434 e. The second-order valence-electron chi connectivity index (χ2n) is 7.84. The van der Waals surface area contributed by atoms with Gasteiger partial charge < -0.3 is 5.32 Å². The lowest BCUT2D eigenvalue weighted by Gasteiger charge is -2.37. The van der Waals surface area contributed by atoms with Crippen LogP contribution in [0.25, 0.3) is 5.65 Å². The van der Waals surface area contributed by atoms with Gasteiger partial charge in [-0.15, -0.1) is 0 Å². The van der Waals surface area contributed by atoms with Crippen molar-refractivity contribution in [2.75, 3.05) is 11.9 Å². The molecule has 0 atom stereocenters. The predicted molar refractivity (Wildman–Crippen MR) is 114 cm³/mol. The molecule has 0 saturated heterocycles. The van der Waals surface area contributed by atoms with E-state index in [1.165, 1.54) is 4.40 Å². The molecular formula is C22H25F3N6O. The van der Waals surface area contributed by atoms with Crippen molar-refractivity contribution in [3.05, 3.63) is 60.2 Å². The quantitative estimate of drug-likeness (QED) is 0.557. The Balaban J connectivity index is 1.43. The van der Waals surface area contributed by atoms with E-state index in [1.807, 2.05) is 6.92 Å². The third kappa shape index (κ3) is 4.69. The van der Waals surface area contributed by atoms with Gasteiger partial charge in [-0.3, -0.25) is 19.2 Å². The summed E-state index contributed by atoms with van der Waals surface area (Å²) < 4.78 is 40.6. The lowest BCUT2D eigenvalue weighted by Crippen LogP contribution is -2.51. The fourth-order valence-corrected chi connectivity index (χ4v) is 4.12. The molecule has 0 aliphatic heterocycles. The number of hydrogen-bond donors (Lipinski definition) is 2. The van der Waals surface area contributed by atoms with Crippen LogP contribution in [-0.2, 0) is 6.18 Å². The Kier molecular flexibility index (Phi) is 6.31. The molecule has 170 valence electrons. The number of nitrogens with one attached hydrogen (secondary N) is 2. The van der Waals surface area contributed by atoms with Gasteiger partial charge in [-0.05, 0) is 49.9 Å². The van der Waals surface area contributed by atoms with E-state index in [4.69, 9.17) is 0 Å². The van der Waals surface area contributed by atoms with Gasteiger partial charge in [-0.1, -0.05) is 13.0 Å². The molecule has 3 heterocycles. The van der Waals surface area contributed by atoms with Crippen molar-refractivity contribution < 1.29 is 18.0 Å². The van der Waals surface area contributed by atoms with E-state index in [1.54, 1.807) is 47.7 Å². The van der Waals surface area contributed by atoms with Gasteiger partial charge in [0.1, 0.15) is 11.5 Å². The molecule has 1 aliphatic carbocycles. The van der Waals surface area contributed by atoms with Crippen LogP contribution in [0.1, 0.15) is 48.7 Å². The van der Waals surface area contributed by atoms with E-state index < -0.39 is 11.9 Å². The third-order valence-electron chi connectivity index (χ3n) is 5.67. The molecule has 3 aromatic heterocycles. The Labute approximate surface area is 183 Å². The van der Waals surface area contributed by atoms with Gasteiger partial charge in [0.2, 0.25) is 0 Å². The largest absolute Gasteiger partial charge is 0.434 e. The summed E-state index contributed by atoms with van der Waals surface area (Å²) in [6.07, 6.45) is 2.84. The first kappa shape index (κ1) is 22.1. The zero-order valence-electron chi connectivity index (χ0n) is 17.6. The number of hydrazine groups is 1. The normalized spacial score (nSPS) is 19.1. The van der Waals surface area contributed by atoms with Crippen molar-refractivity contribution >= 4 is 17.4 Å². The number of halogens is 3. The Hall–Kier alpha value is -3.14. The van der Waals surface area contributed by atoms with Crippen molar-refractivity contribution in [1.29, 1.82) is 0 Å². The number of hydrogen-bond acceptors (Lipinski definition) is 5. The fraction of sp³-hybridized carbons (Fsp3) is 0.409. The Bertz CT molecular complexity index is 1060. The van der Waals surface area contributed by atoms with E-state index in [-0.39, 0.29) is 23.6 Å². The van der Waals surface area contributed by atoms with Gasteiger partial charge >= 0.3 is 6.18 Å². The summed E-state index contributed by atoms with van der Waals surface area (Å²) in [6, 6.07) is 8.51. The van der Waals surface area contributed by atoms with E-state index in [9.17, 15) is 18.0 Å². The molecule has 3 aromatic rings. The molecule has 10 heteroatoms. The van der Waals surface area contributed by atoms with Crippen molar-refractivity contribution in [3.8, 4) is 0 Å². The van der Waals surface area contributed by atoms with Crippen LogP contribution in [0.3, 0.4) is 0 Å². The summed E-state index contributed by atoms with van der Waals surface area (Å²) in [5.41, 5.74) is 3.09. The number of imidazole rings is 1. The second-order valence-corrected chi connectivity index (χ2v) is 7.84. The molecule has 2 N–H and O–H groups in total. The van der Waals surface area contributed by atoms with Crippen LogP contribution in [0.15, 0.2) is 48.9 Å². The maximum absolute atomic E-state index is 13.0. The molecule has 0 bridgehead atoms. The summed E-state index contributed by atoms with van der Waals surface area (Å²) in [4.78, 5) is 20.6. The number of carbonyl (C=O) groups is 1. The first-order chi connectivity index (χ1) is 15.4. The lowest BCUT2D eigenvalue weighted by molar-refractivity contribution is -0.140. The highest BCUT2D eigenvalue weighted by atomic mass is 19.4. The van der Waals surface area contributed by atoms with Crippen LogP contribution in [0.4, 0.5) is 19.0 Å². The number of amides is 1. The molecular weight excluding hydrogens is 421 g/mol. The standard InChI is InChI=1S/C22H25F3N6O/c1-2-27-31(21(32)15-10-12-26-13-11-15)17-8-6-16(7-9-17)28-19-4-3-5-20-29-18(14-30(19)20)22(23,24)25/h3-5,10-14,16-17,27-28H,2,6-9H2,1H3. The van der Waals surface area contributed by atoms with Gasteiger partial charge in [-0.2, -0.15) is 13.2 Å². The van der Waals surface area contributed by atoms with Gasteiger partial charge in [0.25, 0.3) is 5.91 Å². The first-order valence-corrected chi connectivity index (χ1v) is 10.7. The first-order valence-electron chi connectivity index (χ1n) is 10.7. The molecule has 0 spiro atoms. The smallest absolute Gasteiger partial charge is 0.368 e. The minimum absolute atomic E-state index is 0.0366. The third-order valence-corrected chi connectivity index (χ3v) is 5.67. The van der Waals surface area contributed by atoms with Crippen molar-refractivity contribution in [3.63, 3.8) is 0 Å². The van der Waals surface area contributed by atoms with Gasteiger partial charge in [-0.25, -0.2) is 10.4 Å². The van der Waals surface area contributed by atoms with Crippen LogP contribution in [0.2, 0.25) is 0 Å². The summed E-state index contributed by atoms with van der Waals surface area (Å²) in [6.45, 7) is 2.57. The molecule has 1 saturated carbocycles. The van der Waals surface area contributed by atoms with Crippen LogP contribution in [-0.4, -0.2) is 43.9 Å². The van der Waals surface area contributed by atoms with Gasteiger partial charge in [0, 0.05) is 42.8 Å². The van der Waals surface area contributed by atoms with E-state index in [2.05, 4.69) is 20.7 Å². The maximum atomic E-state index is 13.0.